The highest BCUT2D eigenvalue weighted by Gasteiger charge is 2.29. The zero-order valence-electron chi connectivity index (χ0n) is 20.4. The molecule has 0 saturated carbocycles. The maximum absolute atomic E-state index is 14.8. The number of hydrogen-bond donors (Lipinski definition) is 0. The number of para-hydroxylation sites is 1. The number of ether oxygens (including phenoxy) is 1. The lowest BCUT2D eigenvalue weighted by Crippen LogP contribution is -2.31. The Bertz CT molecular complexity index is 1370. The monoisotopic (exact) mass is 548 g/mol. The molecule has 3 aromatic carbocycles. The number of likely N-dealkylation sites (N-methyl/N-ethyl adjacent to an activating group) is 1. The van der Waals surface area contributed by atoms with Gasteiger partial charge in [0.2, 0.25) is 5.91 Å². The fraction of sp³-hybridized carbons (Fsp3) is 0.222. The number of hydrogen-bond acceptors (Lipinski definition) is 4. The minimum absolute atomic E-state index is 0.122. The van der Waals surface area contributed by atoms with Crippen LogP contribution in [0, 0.1) is 11.6 Å². The second-order valence-electron chi connectivity index (χ2n) is 8.13. The third kappa shape index (κ3) is 7.30. The quantitative estimate of drug-likeness (QED) is 0.224. The van der Waals surface area contributed by atoms with E-state index in [0.29, 0.717) is 29.3 Å². The molecule has 0 aromatic heterocycles. The molecule has 0 saturated heterocycles. The van der Waals surface area contributed by atoms with Gasteiger partial charge in [-0.25, -0.2) is 17.2 Å². The van der Waals surface area contributed by atoms with Crippen LogP contribution in [0.4, 0.5) is 14.5 Å². The molecule has 0 spiro atoms. The third-order valence-electron chi connectivity index (χ3n) is 5.45. The number of sulfonamides is 1. The van der Waals surface area contributed by atoms with Crippen molar-refractivity contribution in [2.24, 2.45) is 0 Å². The van der Waals surface area contributed by atoms with E-state index in [1.807, 2.05) is 0 Å². The molecule has 6 nitrogen and oxygen atoms in total. The van der Waals surface area contributed by atoms with Gasteiger partial charge in [-0.1, -0.05) is 35.9 Å². The van der Waals surface area contributed by atoms with Crippen LogP contribution in [-0.4, -0.2) is 39.4 Å². The summed E-state index contributed by atoms with van der Waals surface area (Å²) in [5.41, 5.74) is 0.0101. The molecule has 0 fully saturated rings. The summed E-state index contributed by atoms with van der Waals surface area (Å²) in [6, 6.07) is 14.8. The van der Waals surface area contributed by atoms with Gasteiger partial charge in [0.25, 0.3) is 10.0 Å². The molecule has 0 N–H and O–H groups in total. The van der Waals surface area contributed by atoms with Gasteiger partial charge in [0, 0.05) is 30.2 Å². The van der Waals surface area contributed by atoms with Crippen LogP contribution in [0.25, 0.3) is 0 Å². The van der Waals surface area contributed by atoms with Crippen molar-refractivity contribution in [3.05, 3.63) is 101 Å². The first-order chi connectivity index (χ1) is 17.6. The first-order valence-corrected chi connectivity index (χ1v) is 13.3. The lowest BCUT2D eigenvalue weighted by molar-refractivity contribution is -0.124. The van der Waals surface area contributed by atoms with E-state index in [0.717, 1.165) is 22.5 Å². The van der Waals surface area contributed by atoms with E-state index < -0.39 is 27.3 Å². The van der Waals surface area contributed by atoms with Crippen molar-refractivity contribution in [2.45, 2.75) is 24.8 Å². The second-order valence-corrected chi connectivity index (χ2v) is 10.4. The van der Waals surface area contributed by atoms with E-state index in [1.165, 1.54) is 30.3 Å². The van der Waals surface area contributed by atoms with Gasteiger partial charge in [0.15, 0.2) is 0 Å². The van der Waals surface area contributed by atoms with Gasteiger partial charge < -0.3 is 9.64 Å². The van der Waals surface area contributed by atoms with Crippen molar-refractivity contribution >= 4 is 33.2 Å². The number of allylic oxidation sites excluding steroid dienone is 1. The van der Waals surface area contributed by atoms with Crippen LogP contribution in [0.1, 0.15) is 18.9 Å². The van der Waals surface area contributed by atoms with Crippen LogP contribution < -0.4 is 9.04 Å². The Morgan fingerprint density at radius 3 is 2.46 bits per heavy atom. The molecule has 196 valence electrons. The molecule has 0 unspecified atom stereocenters. The van der Waals surface area contributed by atoms with Gasteiger partial charge in [-0.3, -0.25) is 9.10 Å². The molecule has 3 rings (SSSR count). The smallest absolute Gasteiger partial charge is 0.264 e. The van der Waals surface area contributed by atoms with Crippen molar-refractivity contribution in [1.29, 1.82) is 0 Å². The SMILES string of the molecule is CC=CC(=O)N(C)CCCOc1ccccc1CN(c1cc(F)ccc1F)S(=O)(=O)c1ccc(Cl)cc1. The van der Waals surface area contributed by atoms with Crippen molar-refractivity contribution in [3.63, 3.8) is 0 Å². The molecule has 0 aliphatic carbocycles. The van der Waals surface area contributed by atoms with Gasteiger partial charge in [-0.2, -0.15) is 0 Å². The molecule has 0 aliphatic rings. The van der Waals surface area contributed by atoms with E-state index in [2.05, 4.69) is 0 Å². The summed E-state index contributed by atoms with van der Waals surface area (Å²) in [6.45, 7) is 2.15. The highest BCUT2D eigenvalue weighted by molar-refractivity contribution is 7.92. The van der Waals surface area contributed by atoms with Crippen LogP contribution in [0.5, 0.6) is 5.75 Å². The van der Waals surface area contributed by atoms with E-state index in [1.54, 1.807) is 49.2 Å². The predicted octanol–water partition coefficient (Wildman–Crippen LogP) is 5.82. The zero-order chi connectivity index (χ0) is 27.0. The van der Waals surface area contributed by atoms with Crippen LogP contribution in [0.15, 0.2) is 83.8 Å². The number of nitrogens with zero attached hydrogens (tertiary/aromatic N) is 2. The number of anilines is 1. The number of benzene rings is 3. The minimum Gasteiger partial charge on any atom is -0.493 e. The van der Waals surface area contributed by atoms with E-state index in [-0.39, 0.29) is 24.0 Å². The standard InChI is InChI=1S/C27H27ClF2N2O4S/c1-3-7-27(33)31(2)16-6-17-36-26-9-5-4-8-20(26)19-32(25-18-22(29)12-15-24(25)30)37(34,35)23-13-10-21(28)11-14-23/h3-5,7-15,18H,6,16-17,19H2,1-2H3. The molecule has 0 aliphatic heterocycles. The Morgan fingerprint density at radius 2 is 1.76 bits per heavy atom. The third-order valence-corrected chi connectivity index (χ3v) is 7.47. The number of rotatable bonds is 11. The largest absolute Gasteiger partial charge is 0.493 e. The molecule has 0 atom stereocenters. The van der Waals surface area contributed by atoms with Crippen LogP contribution in [0.3, 0.4) is 0 Å². The highest BCUT2D eigenvalue weighted by atomic mass is 35.5. The fourth-order valence-corrected chi connectivity index (χ4v) is 5.07. The van der Waals surface area contributed by atoms with E-state index >= 15 is 0 Å². The molecular weight excluding hydrogens is 522 g/mol. The topological polar surface area (TPSA) is 66.9 Å². The van der Waals surface area contributed by atoms with Crippen molar-refractivity contribution in [3.8, 4) is 5.75 Å². The van der Waals surface area contributed by atoms with Gasteiger partial charge in [-0.15, -0.1) is 0 Å². The molecule has 37 heavy (non-hydrogen) atoms. The molecule has 10 heteroatoms. The molecule has 0 heterocycles. The summed E-state index contributed by atoms with van der Waals surface area (Å²) in [6.07, 6.45) is 3.66. The Balaban J connectivity index is 1.88. The van der Waals surface area contributed by atoms with Gasteiger partial charge in [0.05, 0.1) is 23.7 Å². The summed E-state index contributed by atoms with van der Waals surface area (Å²) in [5.74, 6) is -1.42. The Kier molecular flexibility index (Phi) is 9.66. The van der Waals surface area contributed by atoms with Crippen LogP contribution in [0.2, 0.25) is 5.02 Å². The fourth-order valence-electron chi connectivity index (χ4n) is 3.50. The lowest BCUT2D eigenvalue weighted by Gasteiger charge is -2.26. The Labute approximate surface area is 220 Å². The number of halogens is 3. The number of carbonyl (C=O) groups excluding carboxylic acids is 1. The maximum Gasteiger partial charge on any atom is 0.264 e. The lowest BCUT2D eigenvalue weighted by atomic mass is 10.2. The highest BCUT2D eigenvalue weighted by Crippen LogP contribution is 2.31. The Hall–Kier alpha value is -3.43. The number of amides is 1. The van der Waals surface area contributed by atoms with Crippen molar-refractivity contribution in [2.75, 3.05) is 24.5 Å². The molecule has 0 bridgehead atoms. The molecule has 1 amide bonds. The summed E-state index contributed by atoms with van der Waals surface area (Å²) >= 11 is 5.91. The summed E-state index contributed by atoms with van der Waals surface area (Å²) in [7, 11) is -2.63. The minimum atomic E-state index is -4.31. The number of carbonyl (C=O) groups is 1. The normalized spacial score (nSPS) is 11.5. The van der Waals surface area contributed by atoms with Crippen LogP contribution in [-0.2, 0) is 21.4 Å². The first kappa shape index (κ1) is 28.1. The van der Waals surface area contributed by atoms with Gasteiger partial charge in [-0.05, 0) is 61.9 Å². The molecule has 0 radical (unpaired) electrons. The average Bonchev–Trinajstić information content (AvgIpc) is 2.87. The van der Waals surface area contributed by atoms with Crippen molar-refractivity contribution < 1.29 is 26.7 Å². The molecular formula is C27H27ClF2N2O4S. The summed E-state index contributed by atoms with van der Waals surface area (Å²) in [5, 5.41) is 0.333. The van der Waals surface area contributed by atoms with E-state index in [4.69, 9.17) is 16.3 Å². The predicted molar refractivity (Wildman–Crippen MR) is 140 cm³/mol. The molecule has 3 aromatic rings. The van der Waals surface area contributed by atoms with Crippen molar-refractivity contribution in [1.82, 2.24) is 4.90 Å². The van der Waals surface area contributed by atoms with Gasteiger partial charge >= 0.3 is 0 Å². The zero-order valence-corrected chi connectivity index (χ0v) is 22.0. The summed E-state index contributed by atoms with van der Waals surface area (Å²) < 4.78 is 62.8. The first-order valence-electron chi connectivity index (χ1n) is 11.5. The Morgan fingerprint density at radius 1 is 1.05 bits per heavy atom. The van der Waals surface area contributed by atoms with Crippen LogP contribution >= 0.6 is 11.6 Å². The van der Waals surface area contributed by atoms with Gasteiger partial charge in [0.1, 0.15) is 17.4 Å². The second kappa shape index (κ2) is 12.7. The van der Waals surface area contributed by atoms with E-state index in [9.17, 15) is 22.0 Å². The average molecular weight is 549 g/mol. The summed E-state index contributed by atoms with van der Waals surface area (Å²) in [4.78, 5) is 13.3. The maximum atomic E-state index is 14.8.